The molecule has 2 aromatic rings. The predicted molar refractivity (Wildman–Crippen MR) is 114 cm³/mol. The zero-order chi connectivity index (χ0) is 22.0. The lowest BCUT2D eigenvalue weighted by Crippen LogP contribution is -2.51. The Balaban J connectivity index is 1.52. The third kappa shape index (κ3) is 4.36. The van der Waals surface area contributed by atoms with Crippen molar-refractivity contribution in [3.05, 3.63) is 53.1 Å². The average Bonchev–Trinajstić information content (AvgIpc) is 2.80. The minimum atomic E-state index is -3.71. The highest BCUT2D eigenvalue weighted by Gasteiger charge is 2.36. The molecule has 0 saturated carbocycles. The standard InChI is InChI=1S/C21H23ClN2O6S/c1-28-21(25)20(16-4-2-3-5-17(16)22)23-8-10-24(11-9-23)31(26,27)15-6-7-18-19(14-15)30-13-12-29-18/h2-7,14,20H,8-13H2,1H3. The number of sulfonamides is 1. The second-order valence-electron chi connectivity index (χ2n) is 7.19. The second-order valence-corrected chi connectivity index (χ2v) is 9.54. The lowest BCUT2D eigenvalue weighted by molar-refractivity contribution is -0.147. The largest absolute Gasteiger partial charge is 0.486 e. The number of piperazine rings is 1. The van der Waals surface area contributed by atoms with E-state index in [4.69, 9.17) is 25.8 Å². The summed E-state index contributed by atoms with van der Waals surface area (Å²) >= 11 is 6.32. The molecule has 2 aliphatic rings. The van der Waals surface area contributed by atoms with Crippen molar-refractivity contribution in [2.45, 2.75) is 10.9 Å². The van der Waals surface area contributed by atoms with E-state index < -0.39 is 22.0 Å². The molecule has 2 aliphatic heterocycles. The lowest BCUT2D eigenvalue weighted by Gasteiger charge is -2.37. The number of carbonyl (C=O) groups is 1. The smallest absolute Gasteiger partial charge is 0.327 e. The topological polar surface area (TPSA) is 85.4 Å². The normalized spacial score (nSPS) is 18.4. The summed E-state index contributed by atoms with van der Waals surface area (Å²) < 4.78 is 43.7. The molecule has 0 bridgehead atoms. The van der Waals surface area contributed by atoms with E-state index >= 15 is 0 Å². The number of fused-ring (bicyclic) bond motifs is 1. The Labute approximate surface area is 186 Å². The Hall–Kier alpha value is -2.33. The first-order chi connectivity index (χ1) is 14.9. The van der Waals surface area contributed by atoms with Gasteiger partial charge in [0.2, 0.25) is 10.0 Å². The van der Waals surface area contributed by atoms with E-state index in [1.54, 1.807) is 30.3 Å². The van der Waals surface area contributed by atoms with Crippen LogP contribution in [0.15, 0.2) is 47.4 Å². The molecule has 0 amide bonds. The number of hydrogen-bond donors (Lipinski definition) is 0. The van der Waals surface area contributed by atoms with Crippen LogP contribution in [-0.2, 0) is 19.6 Å². The molecule has 1 atom stereocenters. The summed E-state index contributed by atoms with van der Waals surface area (Å²) in [5, 5.41) is 0.462. The fourth-order valence-corrected chi connectivity index (χ4v) is 5.49. The fraction of sp³-hybridized carbons (Fsp3) is 0.381. The van der Waals surface area contributed by atoms with Crippen molar-refractivity contribution in [3.8, 4) is 11.5 Å². The Bertz CT molecular complexity index is 1070. The molecule has 0 aromatic heterocycles. The molecule has 1 unspecified atom stereocenters. The van der Waals surface area contributed by atoms with Gasteiger partial charge in [0.1, 0.15) is 19.3 Å². The van der Waals surface area contributed by atoms with Crippen molar-refractivity contribution in [2.24, 2.45) is 0 Å². The van der Waals surface area contributed by atoms with Gasteiger partial charge in [-0.2, -0.15) is 4.31 Å². The van der Waals surface area contributed by atoms with Crippen LogP contribution in [0.1, 0.15) is 11.6 Å². The van der Waals surface area contributed by atoms with Crippen LogP contribution >= 0.6 is 11.6 Å². The van der Waals surface area contributed by atoms with E-state index in [0.717, 1.165) is 0 Å². The van der Waals surface area contributed by atoms with Gasteiger partial charge in [0.15, 0.2) is 11.5 Å². The van der Waals surface area contributed by atoms with Crippen LogP contribution in [0, 0.1) is 0 Å². The van der Waals surface area contributed by atoms with Crippen molar-refractivity contribution >= 4 is 27.6 Å². The molecule has 8 nitrogen and oxygen atoms in total. The average molecular weight is 467 g/mol. The van der Waals surface area contributed by atoms with E-state index in [9.17, 15) is 13.2 Å². The molecule has 10 heteroatoms. The molecule has 31 heavy (non-hydrogen) atoms. The Morgan fingerprint density at radius 1 is 1.03 bits per heavy atom. The van der Waals surface area contributed by atoms with Gasteiger partial charge in [-0.1, -0.05) is 29.8 Å². The van der Waals surface area contributed by atoms with Crippen LogP contribution in [-0.4, -0.2) is 70.1 Å². The van der Waals surface area contributed by atoms with Crippen molar-refractivity contribution < 1.29 is 27.4 Å². The van der Waals surface area contributed by atoms with Crippen LogP contribution in [0.25, 0.3) is 0 Å². The van der Waals surface area contributed by atoms with Crippen LogP contribution in [0.2, 0.25) is 5.02 Å². The maximum Gasteiger partial charge on any atom is 0.327 e. The van der Waals surface area contributed by atoms with Crippen LogP contribution < -0.4 is 9.47 Å². The number of carbonyl (C=O) groups excluding carboxylic acids is 1. The van der Waals surface area contributed by atoms with Gasteiger partial charge in [0.25, 0.3) is 0 Å². The maximum atomic E-state index is 13.2. The van der Waals surface area contributed by atoms with Gasteiger partial charge in [-0.25, -0.2) is 13.2 Å². The number of benzene rings is 2. The number of ether oxygens (including phenoxy) is 3. The quantitative estimate of drug-likeness (QED) is 0.625. The summed E-state index contributed by atoms with van der Waals surface area (Å²) in [5.41, 5.74) is 0.638. The summed E-state index contributed by atoms with van der Waals surface area (Å²) in [6, 6.07) is 11.0. The van der Waals surface area contributed by atoms with Gasteiger partial charge in [0, 0.05) is 37.3 Å². The first kappa shape index (κ1) is 21.9. The van der Waals surface area contributed by atoms with Gasteiger partial charge in [-0.05, 0) is 23.8 Å². The fourth-order valence-electron chi connectivity index (χ4n) is 3.82. The van der Waals surface area contributed by atoms with Crippen molar-refractivity contribution in [1.29, 1.82) is 0 Å². The Morgan fingerprint density at radius 2 is 1.71 bits per heavy atom. The van der Waals surface area contributed by atoms with E-state index in [0.29, 0.717) is 48.4 Å². The van der Waals surface area contributed by atoms with Gasteiger partial charge < -0.3 is 14.2 Å². The monoisotopic (exact) mass is 466 g/mol. The molecule has 4 rings (SSSR count). The minimum absolute atomic E-state index is 0.154. The maximum absolute atomic E-state index is 13.2. The highest BCUT2D eigenvalue weighted by atomic mass is 35.5. The highest BCUT2D eigenvalue weighted by Crippen LogP contribution is 2.34. The van der Waals surface area contributed by atoms with Crippen molar-refractivity contribution in [3.63, 3.8) is 0 Å². The molecule has 0 spiro atoms. The van der Waals surface area contributed by atoms with E-state index in [1.807, 2.05) is 4.90 Å². The van der Waals surface area contributed by atoms with Crippen molar-refractivity contribution in [2.75, 3.05) is 46.5 Å². The Morgan fingerprint density at radius 3 is 2.39 bits per heavy atom. The van der Waals surface area contributed by atoms with Crippen LogP contribution in [0.3, 0.4) is 0 Å². The van der Waals surface area contributed by atoms with Gasteiger partial charge in [-0.3, -0.25) is 4.90 Å². The van der Waals surface area contributed by atoms with Gasteiger partial charge in [0.05, 0.1) is 12.0 Å². The third-order valence-corrected chi connectivity index (χ3v) is 7.65. The number of methoxy groups -OCH3 is 1. The number of hydrogen-bond acceptors (Lipinski definition) is 7. The van der Waals surface area contributed by atoms with Gasteiger partial charge >= 0.3 is 5.97 Å². The first-order valence-electron chi connectivity index (χ1n) is 9.88. The minimum Gasteiger partial charge on any atom is -0.486 e. The summed E-state index contributed by atoms with van der Waals surface area (Å²) in [6.45, 7) is 1.99. The second kappa shape index (κ2) is 9.04. The summed E-state index contributed by atoms with van der Waals surface area (Å²) in [6.07, 6.45) is 0. The van der Waals surface area contributed by atoms with E-state index in [2.05, 4.69) is 0 Å². The number of halogens is 1. The predicted octanol–water partition coefficient (Wildman–Crippen LogP) is 2.33. The van der Waals surface area contributed by atoms with E-state index in [1.165, 1.54) is 23.5 Å². The zero-order valence-electron chi connectivity index (χ0n) is 17.0. The van der Waals surface area contributed by atoms with Crippen LogP contribution in [0.4, 0.5) is 0 Å². The number of nitrogens with zero attached hydrogens (tertiary/aromatic N) is 2. The van der Waals surface area contributed by atoms with Gasteiger partial charge in [-0.15, -0.1) is 0 Å². The summed E-state index contributed by atoms with van der Waals surface area (Å²) in [7, 11) is -2.39. The molecular formula is C21H23ClN2O6S. The lowest BCUT2D eigenvalue weighted by atomic mass is 10.0. The molecular weight excluding hydrogens is 444 g/mol. The Kier molecular flexibility index (Phi) is 6.38. The highest BCUT2D eigenvalue weighted by molar-refractivity contribution is 7.89. The number of rotatable bonds is 5. The molecule has 2 aromatic carbocycles. The zero-order valence-corrected chi connectivity index (χ0v) is 18.6. The molecule has 166 valence electrons. The van der Waals surface area contributed by atoms with Crippen molar-refractivity contribution in [1.82, 2.24) is 9.21 Å². The summed E-state index contributed by atoms with van der Waals surface area (Å²) in [4.78, 5) is 14.6. The molecule has 0 N–H and O–H groups in total. The summed E-state index contributed by atoms with van der Waals surface area (Å²) in [5.74, 6) is 0.530. The SMILES string of the molecule is COC(=O)C(c1ccccc1Cl)N1CCN(S(=O)(=O)c2ccc3c(c2)OCCO3)CC1. The molecule has 2 heterocycles. The van der Waals surface area contributed by atoms with E-state index in [-0.39, 0.29) is 18.0 Å². The first-order valence-corrected chi connectivity index (χ1v) is 11.7. The van der Waals surface area contributed by atoms with Crippen LogP contribution in [0.5, 0.6) is 11.5 Å². The number of esters is 1. The molecule has 1 saturated heterocycles. The molecule has 0 aliphatic carbocycles. The molecule has 0 radical (unpaired) electrons. The third-order valence-electron chi connectivity index (χ3n) is 5.41. The molecule has 1 fully saturated rings.